The van der Waals surface area contributed by atoms with Crippen LogP contribution in [-0.2, 0) is 4.79 Å². The molecular weight excluding hydrogens is 361 g/mol. The summed E-state index contributed by atoms with van der Waals surface area (Å²) in [6, 6.07) is 8.16. The number of benzene rings is 2. The van der Waals surface area contributed by atoms with Gasteiger partial charge in [0, 0.05) is 17.4 Å². The molecule has 0 saturated carbocycles. The molecule has 1 aliphatic heterocycles. The van der Waals surface area contributed by atoms with Crippen LogP contribution in [0.1, 0.15) is 18.0 Å². The van der Waals surface area contributed by atoms with Crippen molar-refractivity contribution in [3.8, 4) is 0 Å². The molecule has 1 amide bonds. The monoisotopic (exact) mass is 372 g/mol. The molecule has 0 radical (unpaired) electrons. The number of halogens is 4. The van der Waals surface area contributed by atoms with Crippen molar-refractivity contribution in [3.63, 3.8) is 0 Å². The Morgan fingerprint density at radius 2 is 2.00 bits per heavy atom. The zero-order valence-corrected chi connectivity index (χ0v) is 12.9. The number of hydrogen-bond donors (Lipinski definition) is 1. The van der Waals surface area contributed by atoms with Crippen LogP contribution in [0.25, 0.3) is 10.8 Å². The van der Waals surface area contributed by atoms with Gasteiger partial charge in [-0.3, -0.25) is 10.2 Å². The Morgan fingerprint density at radius 1 is 1.23 bits per heavy atom. The summed E-state index contributed by atoms with van der Waals surface area (Å²) in [5.74, 6) is -0.391. The minimum Gasteiger partial charge on any atom is -0.288 e. The van der Waals surface area contributed by atoms with Gasteiger partial charge < -0.3 is 0 Å². The van der Waals surface area contributed by atoms with E-state index in [0.717, 1.165) is 14.9 Å². The molecule has 1 atom stereocenters. The topological polar surface area (TPSA) is 32.3 Å². The lowest BCUT2D eigenvalue weighted by Gasteiger charge is -2.29. The van der Waals surface area contributed by atoms with Gasteiger partial charge in [0.1, 0.15) is 6.04 Å². The van der Waals surface area contributed by atoms with Crippen LogP contribution in [0.3, 0.4) is 0 Å². The number of rotatable bonds is 2. The number of hydrogen-bond acceptors (Lipinski definition) is 2. The second-order valence-corrected chi connectivity index (χ2v) is 6.00. The first-order valence-corrected chi connectivity index (χ1v) is 7.46. The van der Waals surface area contributed by atoms with Crippen LogP contribution >= 0.6 is 15.9 Å². The number of nitrogens with zero attached hydrogens (tertiary/aromatic N) is 1. The molecule has 0 aromatic heterocycles. The normalized spacial score (nSPS) is 17.7. The second-order valence-electron chi connectivity index (χ2n) is 5.14. The summed E-state index contributed by atoms with van der Waals surface area (Å²) in [6.07, 6.45) is -4.40. The van der Waals surface area contributed by atoms with Crippen molar-refractivity contribution in [1.82, 2.24) is 10.4 Å². The first-order chi connectivity index (χ1) is 10.4. The van der Waals surface area contributed by atoms with E-state index in [0.29, 0.717) is 5.39 Å². The van der Waals surface area contributed by atoms with E-state index in [9.17, 15) is 18.0 Å². The van der Waals surface area contributed by atoms with Crippen molar-refractivity contribution in [2.45, 2.75) is 18.6 Å². The second kappa shape index (κ2) is 5.55. The van der Waals surface area contributed by atoms with E-state index in [-0.39, 0.29) is 18.5 Å². The predicted octanol–water partition coefficient (Wildman–Crippen LogP) is 3.94. The highest BCUT2D eigenvalue weighted by Gasteiger charge is 2.46. The van der Waals surface area contributed by atoms with Crippen LogP contribution in [0, 0.1) is 0 Å². The molecule has 116 valence electrons. The summed E-state index contributed by atoms with van der Waals surface area (Å²) in [6.45, 7) is 0.0412. The number of alkyl halides is 3. The van der Waals surface area contributed by atoms with Gasteiger partial charge >= 0.3 is 6.18 Å². The molecule has 2 aromatic carbocycles. The molecule has 1 heterocycles. The fourth-order valence-electron chi connectivity index (χ4n) is 2.67. The Kier molecular flexibility index (Phi) is 3.86. The number of carbonyl (C=O) groups is 1. The van der Waals surface area contributed by atoms with Gasteiger partial charge in [-0.25, -0.2) is 5.01 Å². The predicted molar refractivity (Wildman–Crippen MR) is 79.9 cm³/mol. The third-order valence-electron chi connectivity index (χ3n) is 3.64. The maximum absolute atomic E-state index is 13.5. The number of amides is 1. The summed E-state index contributed by atoms with van der Waals surface area (Å²) in [5.41, 5.74) is 2.39. The smallest absolute Gasteiger partial charge is 0.288 e. The number of fused-ring (bicyclic) bond motifs is 1. The Hall–Kier alpha value is -1.60. The molecule has 1 N–H and O–H groups in total. The van der Waals surface area contributed by atoms with Crippen LogP contribution in [0.2, 0.25) is 0 Å². The molecule has 3 rings (SSSR count). The molecule has 7 heteroatoms. The van der Waals surface area contributed by atoms with E-state index in [1.807, 2.05) is 6.07 Å². The highest BCUT2D eigenvalue weighted by atomic mass is 79.9. The van der Waals surface area contributed by atoms with Crippen LogP contribution in [0.4, 0.5) is 13.2 Å². The molecule has 1 saturated heterocycles. The van der Waals surface area contributed by atoms with E-state index in [4.69, 9.17) is 0 Å². The first-order valence-electron chi connectivity index (χ1n) is 6.67. The van der Waals surface area contributed by atoms with Gasteiger partial charge in [-0.05, 0) is 28.5 Å². The zero-order valence-electron chi connectivity index (χ0n) is 11.3. The minimum absolute atomic E-state index is 0.0412. The van der Waals surface area contributed by atoms with Gasteiger partial charge in [0.25, 0.3) is 0 Å². The van der Waals surface area contributed by atoms with Gasteiger partial charge in [-0.15, -0.1) is 0 Å². The largest absolute Gasteiger partial charge is 0.409 e. The van der Waals surface area contributed by atoms with E-state index in [1.54, 1.807) is 18.2 Å². The van der Waals surface area contributed by atoms with Gasteiger partial charge in [0.05, 0.1) is 0 Å². The average Bonchev–Trinajstić information content (AvgIpc) is 2.83. The lowest BCUT2D eigenvalue weighted by atomic mass is 10.0. The van der Waals surface area contributed by atoms with Crippen molar-refractivity contribution < 1.29 is 18.0 Å². The Labute approximate surface area is 133 Å². The molecule has 0 unspecified atom stereocenters. The fourth-order valence-corrected chi connectivity index (χ4v) is 3.18. The van der Waals surface area contributed by atoms with E-state index in [1.165, 1.54) is 12.1 Å². The SMILES string of the molecule is O=C1CCN([C@@H](c2ccc3c(Br)cccc3c2)C(F)(F)F)N1. The van der Waals surface area contributed by atoms with Crippen LogP contribution in [-0.4, -0.2) is 23.6 Å². The van der Waals surface area contributed by atoms with Gasteiger partial charge in [0.2, 0.25) is 5.91 Å². The maximum atomic E-state index is 13.5. The summed E-state index contributed by atoms with van der Waals surface area (Å²) in [4.78, 5) is 11.2. The lowest BCUT2D eigenvalue weighted by molar-refractivity contribution is -0.191. The van der Waals surface area contributed by atoms with Gasteiger partial charge in [-0.1, -0.05) is 40.2 Å². The Bertz CT molecular complexity index is 732. The van der Waals surface area contributed by atoms with E-state index in [2.05, 4.69) is 21.4 Å². The van der Waals surface area contributed by atoms with Crippen LogP contribution in [0.5, 0.6) is 0 Å². The highest BCUT2D eigenvalue weighted by Crippen LogP contribution is 2.39. The summed E-state index contributed by atoms with van der Waals surface area (Å²) in [7, 11) is 0. The summed E-state index contributed by atoms with van der Waals surface area (Å²) >= 11 is 3.38. The third-order valence-corrected chi connectivity index (χ3v) is 4.33. The highest BCUT2D eigenvalue weighted by molar-refractivity contribution is 9.10. The molecule has 1 aliphatic rings. The van der Waals surface area contributed by atoms with E-state index >= 15 is 0 Å². The molecule has 3 nitrogen and oxygen atoms in total. The quantitative estimate of drug-likeness (QED) is 0.865. The van der Waals surface area contributed by atoms with Crippen molar-refractivity contribution in [2.75, 3.05) is 6.54 Å². The third kappa shape index (κ3) is 2.83. The summed E-state index contributed by atoms with van der Waals surface area (Å²) < 4.78 is 41.2. The lowest BCUT2D eigenvalue weighted by Crippen LogP contribution is -2.43. The molecule has 2 aromatic rings. The number of nitrogens with one attached hydrogen (secondary N) is 1. The van der Waals surface area contributed by atoms with Crippen molar-refractivity contribution >= 4 is 32.6 Å². The van der Waals surface area contributed by atoms with Crippen LogP contribution < -0.4 is 5.43 Å². The molecule has 0 spiro atoms. The Morgan fingerprint density at radius 3 is 2.64 bits per heavy atom. The van der Waals surface area contributed by atoms with Gasteiger partial charge in [0.15, 0.2) is 0 Å². The standard InChI is InChI=1S/C15H12BrF3N2O/c16-12-3-1-2-9-8-10(4-5-11(9)12)14(15(17,18)19)21-7-6-13(22)20-21/h1-5,8,14H,6-7H2,(H,20,22)/t14-/m0/s1. The summed E-state index contributed by atoms with van der Waals surface area (Å²) in [5, 5.41) is 2.52. The van der Waals surface area contributed by atoms with Crippen LogP contribution in [0.15, 0.2) is 40.9 Å². The molecule has 0 aliphatic carbocycles. The average molecular weight is 373 g/mol. The fraction of sp³-hybridized carbons (Fsp3) is 0.267. The van der Waals surface area contributed by atoms with Crippen molar-refractivity contribution in [1.29, 1.82) is 0 Å². The molecule has 22 heavy (non-hydrogen) atoms. The van der Waals surface area contributed by atoms with Crippen molar-refractivity contribution in [2.24, 2.45) is 0 Å². The molecule has 0 bridgehead atoms. The Balaban J connectivity index is 2.06. The van der Waals surface area contributed by atoms with Gasteiger partial charge in [-0.2, -0.15) is 13.2 Å². The minimum atomic E-state index is -4.47. The van der Waals surface area contributed by atoms with Crippen molar-refractivity contribution in [3.05, 3.63) is 46.4 Å². The maximum Gasteiger partial charge on any atom is 0.409 e. The number of carbonyl (C=O) groups excluding carboxylic acids is 1. The number of hydrazine groups is 1. The molecule has 1 fully saturated rings. The first kappa shape index (κ1) is 15.3. The van der Waals surface area contributed by atoms with E-state index < -0.39 is 18.1 Å². The molecular formula is C15H12BrF3N2O. The zero-order chi connectivity index (χ0) is 15.9.